The van der Waals surface area contributed by atoms with Gasteiger partial charge in [-0.05, 0) is 65.7 Å². The van der Waals surface area contributed by atoms with Crippen LogP contribution in [-0.4, -0.2) is 51.9 Å². The van der Waals surface area contributed by atoms with Gasteiger partial charge in [0.1, 0.15) is 6.33 Å². The number of rotatable bonds is 5. The van der Waals surface area contributed by atoms with Crippen LogP contribution in [0.15, 0.2) is 59.8 Å². The number of anilines is 1. The second kappa shape index (κ2) is 8.10. The molecule has 3 aromatic rings. The van der Waals surface area contributed by atoms with Gasteiger partial charge in [-0.1, -0.05) is 12.5 Å². The van der Waals surface area contributed by atoms with E-state index in [4.69, 9.17) is 0 Å². The topological polar surface area (TPSA) is 110 Å². The van der Waals surface area contributed by atoms with Gasteiger partial charge in [-0.2, -0.15) is 4.31 Å². The van der Waals surface area contributed by atoms with E-state index >= 15 is 0 Å². The number of carbonyl (C=O) groups excluding carboxylic acids is 1. The minimum atomic E-state index is -3.59. The van der Waals surface area contributed by atoms with E-state index in [9.17, 15) is 13.2 Å². The van der Waals surface area contributed by atoms with Crippen LogP contribution < -0.4 is 5.32 Å². The fourth-order valence-electron chi connectivity index (χ4n) is 3.23. The molecule has 2 aromatic carbocycles. The predicted molar refractivity (Wildman–Crippen MR) is 106 cm³/mol. The third-order valence-corrected chi connectivity index (χ3v) is 6.68. The number of hydrogen-bond donors (Lipinski definition) is 1. The lowest BCUT2D eigenvalue weighted by Crippen LogP contribution is -2.35. The highest BCUT2D eigenvalue weighted by Crippen LogP contribution is 2.22. The Bertz CT molecular complexity index is 1090. The molecule has 0 bridgehead atoms. The van der Waals surface area contributed by atoms with Crippen molar-refractivity contribution in [3.8, 4) is 5.69 Å². The van der Waals surface area contributed by atoms with Crippen LogP contribution in [0.4, 0.5) is 5.69 Å². The van der Waals surface area contributed by atoms with Crippen LogP contribution in [0.3, 0.4) is 0 Å². The summed E-state index contributed by atoms with van der Waals surface area (Å²) < 4.78 is 28.7. The minimum Gasteiger partial charge on any atom is -0.322 e. The normalized spacial score (nSPS) is 15.2. The lowest BCUT2D eigenvalue weighted by atomic mass is 10.2. The molecule has 9 nitrogen and oxygen atoms in total. The lowest BCUT2D eigenvalue weighted by Gasteiger charge is -2.26. The van der Waals surface area contributed by atoms with Crippen molar-refractivity contribution < 1.29 is 13.2 Å². The Labute approximate surface area is 168 Å². The molecule has 10 heteroatoms. The van der Waals surface area contributed by atoms with E-state index in [1.165, 1.54) is 27.4 Å². The molecule has 2 heterocycles. The molecule has 0 radical (unpaired) electrons. The zero-order valence-corrected chi connectivity index (χ0v) is 16.4. The summed E-state index contributed by atoms with van der Waals surface area (Å²) in [6.07, 6.45) is 4.24. The molecule has 1 aliphatic heterocycles. The fraction of sp³-hybridized carbons (Fsp3) is 0.263. The zero-order chi connectivity index (χ0) is 20.3. The number of sulfonamides is 1. The quantitative estimate of drug-likeness (QED) is 0.687. The van der Waals surface area contributed by atoms with E-state index in [1.54, 1.807) is 36.4 Å². The van der Waals surface area contributed by atoms with E-state index in [-0.39, 0.29) is 16.4 Å². The van der Waals surface area contributed by atoms with Crippen molar-refractivity contribution in [2.24, 2.45) is 0 Å². The first-order valence-electron chi connectivity index (χ1n) is 9.29. The highest BCUT2D eigenvalue weighted by atomic mass is 32.2. The number of benzene rings is 2. The maximum absolute atomic E-state index is 12.8. The summed E-state index contributed by atoms with van der Waals surface area (Å²) in [5, 5.41) is 13.7. The van der Waals surface area contributed by atoms with Gasteiger partial charge in [0.2, 0.25) is 10.0 Å². The number of hydrogen-bond acceptors (Lipinski definition) is 6. The minimum absolute atomic E-state index is 0.140. The van der Waals surface area contributed by atoms with Gasteiger partial charge in [0.25, 0.3) is 5.91 Å². The van der Waals surface area contributed by atoms with Gasteiger partial charge in [-0.3, -0.25) is 4.79 Å². The van der Waals surface area contributed by atoms with Crippen LogP contribution >= 0.6 is 0 Å². The molecule has 0 aliphatic carbocycles. The first-order valence-corrected chi connectivity index (χ1v) is 10.7. The summed E-state index contributed by atoms with van der Waals surface area (Å²) in [7, 11) is -3.59. The summed E-state index contributed by atoms with van der Waals surface area (Å²) >= 11 is 0. The molecule has 4 rings (SSSR count). The number of carbonyl (C=O) groups is 1. The first kappa shape index (κ1) is 19.2. The molecule has 29 heavy (non-hydrogen) atoms. The van der Waals surface area contributed by atoms with Crippen molar-refractivity contribution in [2.45, 2.75) is 24.2 Å². The van der Waals surface area contributed by atoms with Gasteiger partial charge in [-0.25, -0.2) is 13.1 Å². The Hall–Kier alpha value is -3.11. The van der Waals surface area contributed by atoms with E-state index in [2.05, 4.69) is 20.8 Å². The smallest absolute Gasteiger partial charge is 0.255 e. The second-order valence-electron chi connectivity index (χ2n) is 6.75. The molecule has 1 saturated heterocycles. The van der Waals surface area contributed by atoms with Gasteiger partial charge in [-0.15, -0.1) is 5.10 Å². The van der Waals surface area contributed by atoms with Gasteiger partial charge in [0, 0.05) is 24.3 Å². The SMILES string of the molecule is O=C(Nc1ccc(-n2cnnn2)cc1)c1cccc(S(=O)(=O)N2CCCCC2)c1. The molecule has 1 amide bonds. The first-order chi connectivity index (χ1) is 14.0. The molecule has 1 aromatic heterocycles. The average molecular weight is 412 g/mol. The van der Waals surface area contributed by atoms with Crippen LogP contribution in [0.5, 0.6) is 0 Å². The number of aromatic nitrogens is 4. The number of tetrazole rings is 1. The summed E-state index contributed by atoms with van der Waals surface area (Å²) in [6.45, 7) is 1.04. The summed E-state index contributed by atoms with van der Waals surface area (Å²) in [5.41, 5.74) is 1.62. The van der Waals surface area contributed by atoms with E-state index in [0.717, 1.165) is 24.9 Å². The van der Waals surface area contributed by atoms with E-state index < -0.39 is 10.0 Å². The standard InChI is InChI=1S/C19H20N6O3S/c26-19(21-16-7-9-17(10-8-16)25-14-20-22-23-25)15-5-4-6-18(13-15)29(27,28)24-11-2-1-3-12-24/h4-10,13-14H,1-3,11-12H2,(H,21,26). The Morgan fingerprint density at radius 3 is 2.45 bits per heavy atom. The summed E-state index contributed by atoms with van der Waals surface area (Å²) in [4.78, 5) is 12.8. The fourth-order valence-corrected chi connectivity index (χ4v) is 4.80. The highest BCUT2D eigenvalue weighted by Gasteiger charge is 2.26. The Balaban J connectivity index is 1.50. The number of nitrogens with one attached hydrogen (secondary N) is 1. The van der Waals surface area contributed by atoms with Gasteiger partial charge >= 0.3 is 0 Å². The summed E-state index contributed by atoms with van der Waals surface area (Å²) in [6, 6.07) is 13.1. The molecule has 0 unspecified atom stereocenters. The predicted octanol–water partition coefficient (Wildman–Crippen LogP) is 2.09. The third kappa shape index (κ3) is 4.17. The average Bonchev–Trinajstić information content (AvgIpc) is 3.30. The molecule has 150 valence electrons. The van der Waals surface area contributed by atoms with Crippen LogP contribution in [0, 0.1) is 0 Å². The van der Waals surface area contributed by atoms with Crippen LogP contribution in [0.25, 0.3) is 5.69 Å². The molecule has 1 fully saturated rings. The maximum atomic E-state index is 12.8. The van der Waals surface area contributed by atoms with Crippen LogP contribution in [-0.2, 0) is 10.0 Å². The number of piperidine rings is 1. The molecule has 1 N–H and O–H groups in total. The Morgan fingerprint density at radius 2 is 1.76 bits per heavy atom. The van der Waals surface area contributed by atoms with E-state index in [0.29, 0.717) is 18.8 Å². The van der Waals surface area contributed by atoms with Gasteiger partial charge in [0.05, 0.1) is 10.6 Å². The van der Waals surface area contributed by atoms with Gasteiger partial charge in [0.15, 0.2) is 0 Å². The molecule has 0 atom stereocenters. The highest BCUT2D eigenvalue weighted by molar-refractivity contribution is 7.89. The zero-order valence-electron chi connectivity index (χ0n) is 15.6. The van der Waals surface area contributed by atoms with Crippen molar-refractivity contribution in [2.75, 3.05) is 18.4 Å². The monoisotopic (exact) mass is 412 g/mol. The van der Waals surface area contributed by atoms with E-state index in [1.807, 2.05) is 0 Å². The van der Waals surface area contributed by atoms with Crippen molar-refractivity contribution in [3.63, 3.8) is 0 Å². The van der Waals surface area contributed by atoms with Crippen molar-refractivity contribution in [1.29, 1.82) is 0 Å². The molecular formula is C19H20N6O3S. The Morgan fingerprint density at radius 1 is 1.00 bits per heavy atom. The second-order valence-corrected chi connectivity index (χ2v) is 8.69. The summed E-state index contributed by atoms with van der Waals surface area (Å²) in [5.74, 6) is -0.379. The van der Waals surface area contributed by atoms with Crippen molar-refractivity contribution in [1.82, 2.24) is 24.5 Å². The molecule has 1 aliphatic rings. The Kier molecular flexibility index (Phi) is 5.36. The van der Waals surface area contributed by atoms with Crippen LogP contribution in [0.1, 0.15) is 29.6 Å². The number of amides is 1. The van der Waals surface area contributed by atoms with Crippen molar-refractivity contribution in [3.05, 3.63) is 60.4 Å². The number of nitrogens with zero attached hydrogens (tertiary/aromatic N) is 5. The molecular weight excluding hydrogens is 392 g/mol. The molecule has 0 saturated carbocycles. The maximum Gasteiger partial charge on any atom is 0.255 e. The van der Waals surface area contributed by atoms with Gasteiger partial charge < -0.3 is 5.32 Å². The third-order valence-electron chi connectivity index (χ3n) is 4.79. The molecule has 0 spiro atoms. The lowest BCUT2D eigenvalue weighted by molar-refractivity contribution is 0.102. The van der Waals surface area contributed by atoms with Crippen LogP contribution in [0.2, 0.25) is 0 Å². The largest absolute Gasteiger partial charge is 0.322 e. The van der Waals surface area contributed by atoms with Crippen molar-refractivity contribution >= 4 is 21.6 Å².